The molecule has 17 heteroatoms. The highest BCUT2D eigenvalue weighted by atomic mass is 32.2. The maximum absolute atomic E-state index is 13.6. The highest BCUT2D eigenvalue weighted by Crippen LogP contribution is 2.39. The molecule has 0 saturated heterocycles. The van der Waals surface area contributed by atoms with Gasteiger partial charge in [0.1, 0.15) is 17.7 Å². The van der Waals surface area contributed by atoms with Crippen LogP contribution in [0.2, 0.25) is 0 Å². The van der Waals surface area contributed by atoms with Crippen molar-refractivity contribution in [3.05, 3.63) is 48.3 Å². The molecule has 0 radical (unpaired) electrons. The van der Waals surface area contributed by atoms with Gasteiger partial charge < -0.3 is 9.47 Å². The van der Waals surface area contributed by atoms with Gasteiger partial charge in [-0.25, -0.2) is 17.6 Å². The van der Waals surface area contributed by atoms with Crippen LogP contribution in [0.3, 0.4) is 0 Å². The molecule has 1 atom stereocenters. The van der Waals surface area contributed by atoms with E-state index in [-0.39, 0.29) is 28.6 Å². The number of sulfonamides is 1. The van der Waals surface area contributed by atoms with Crippen LogP contribution in [0.1, 0.15) is 34.6 Å². The lowest BCUT2D eigenvalue weighted by Gasteiger charge is -2.36. The average molecular weight is 627 g/mol. The van der Waals surface area contributed by atoms with Crippen molar-refractivity contribution in [2.75, 3.05) is 22.7 Å². The summed E-state index contributed by atoms with van der Waals surface area (Å²) in [6.07, 6.45) is -7.34. The molecule has 0 spiro atoms. The zero-order valence-electron chi connectivity index (χ0n) is 22.7. The molecule has 0 fully saturated rings. The third-order valence-corrected chi connectivity index (χ3v) is 8.73. The van der Waals surface area contributed by atoms with E-state index in [0.29, 0.717) is 13.8 Å². The molecule has 1 aliphatic rings. The van der Waals surface area contributed by atoms with Crippen molar-refractivity contribution in [3.8, 4) is 5.75 Å². The summed E-state index contributed by atoms with van der Waals surface area (Å²) in [6.45, 7) is 5.44. The Labute approximate surface area is 235 Å². The lowest BCUT2D eigenvalue weighted by atomic mass is 10.1. The molecule has 0 unspecified atom stereocenters. The van der Waals surface area contributed by atoms with E-state index in [4.69, 9.17) is 4.74 Å². The quantitative estimate of drug-likeness (QED) is 0.377. The number of alkyl halides is 3. The molecule has 228 valence electrons. The number of rotatable bonds is 8. The summed E-state index contributed by atoms with van der Waals surface area (Å²) in [7, 11) is -8.40. The second-order valence-corrected chi connectivity index (χ2v) is 14.0. The summed E-state index contributed by atoms with van der Waals surface area (Å²) >= 11 is 0. The Morgan fingerprint density at radius 3 is 2.20 bits per heavy atom. The molecule has 2 aromatic rings. The topological polar surface area (TPSA) is 143 Å². The normalized spacial score (nSPS) is 16.5. The third kappa shape index (κ3) is 8.21. The molecule has 41 heavy (non-hydrogen) atoms. The summed E-state index contributed by atoms with van der Waals surface area (Å²) in [6, 6.07) is 7.56. The first-order valence-electron chi connectivity index (χ1n) is 12.0. The van der Waals surface area contributed by atoms with Gasteiger partial charge in [0.25, 0.3) is 20.2 Å². The summed E-state index contributed by atoms with van der Waals surface area (Å²) in [5.41, 5.74) is -3.85. The Bertz CT molecular complexity index is 1490. The molecule has 0 saturated carbocycles. The van der Waals surface area contributed by atoms with Crippen molar-refractivity contribution in [2.45, 2.75) is 62.9 Å². The number of hydrogen-bond acceptors (Lipinski definition) is 7. The zero-order chi connectivity index (χ0) is 31.0. The predicted molar refractivity (Wildman–Crippen MR) is 142 cm³/mol. The molecule has 11 nitrogen and oxygen atoms in total. The largest absolute Gasteiger partial charge is 0.485 e. The van der Waals surface area contributed by atoms with Crippen molar-refractivity contribution in [1.29, 1.82) is 0 Å². The smallest absolute Gasteiger partial charge is 0.427 e. The summed E-state index contributed by atoms with van der Waals surface area (Å²) < 4.78 is 121. The SMILES string of the molecule is CC(C)(C)NS(=O)(=O)NC[C@H]1CN(S(=O)(=O)c2ccc(F)cc2)c2cc(NC(=O)OC(C)(C)C(F)(F)F)ccc2O1. The van der Waals surface area contributed by atoms with E-state index in [1.54, 1.807) is 20.8 Å². The van der Waals surface area contributed by atoms with Crippen LogP contribution in [-0.4, -0.2) is 59.4 Å². The van der Waals surface area contributed by atoms with Gasteiger partial charge >= 0.3 is 12.3 Å². The van der Waals surface area contributed by atoms with Gasteiger partial charge in [0.2, 0.25) is 5.60 Å². The summed E-state index contributed by atoms with van der Waals surface area (Å²) in [4.78, 5) is 11.9. The minimum absolute atomic E-state index is 0.0375. The summed E-state index contributed by atoms with van der Waals surface area (Å²) in [5.74, 6) is -0.721. The number of anilines is 2. The maximum Gasteiger partial charge on any atom is 0.427 e. The van der Waals surface area contributed by atoms with Gasteiger partial charge in [0.05, 0.1) is 23.7 Å². The Morgan fingerprint density at radius 2 is 1.63 bits per heavy atom. The third-order valence-electron chi connectivity index (χ3n) is 5.51. The lowest BCUT2D eigenvalue weighted by molar-refractivity contribution is -0.242. The number of carbonyl (C=O) groups excluding carboxylic acids is 1. The minimum atomic E-state index is -4.85. The number of halogens is 4. The molecule has 1 aliphatic heterocycles. The van der Waals surface area contributed by atoms with Crippen LogP contribution < -0.4 is 23.8 Å². The van der Waals surface area contributed by atoms with Crippen LogP contribution in [0.15, 0.2) is 47.4 Å². The lowest BCUT2D eigenvalue weighted by Crippen LogP contribution is -2.52. The standard InChI is InChI=1S/C24H30F4N4O7S2/c1-22(2,3)31-41(36,37)29-13-17-14-32(40(34,35)18-9-6-15(25)7-10-18)19-12-16(8-11-20(19)38-17)30-21(33)39-23(4,5)24(26,27)28/h6-12,17,29,31H,13-14H2,1-5H3,(H,30,33)/t17-/m0/s1. The van der Waals surface area contributed by atoms with Gasteiger partial charge in [0.15, 0.2) is 0 Å². The van der Waals surface area contributed by atoms with Gasteiger partial charge in [-0.3, -0.25) is 9.62 Å². The highest BCUT2D eigenvalue weighted by Gasteiger charge is 2.51. The van der Waals surface area contributed by atoms with Crippen LogP contribution in [0.4, 0.5) is 33.7 Å². The van der Waals surface area contributed by atoms with Crippen molar-refractivity contribution >= 4 is 37.7 Å². The van der Waals surface area contributed by atoms with E-state index in [1.807, 2.05) is 0 Å². The van der Waals surface area contributed by atoms with Gasteiger partial charge in [0, 0.05) is 11.2 Å². The van der Waals surface area contributed by atoms with E-state index in [9.17, 15) is 39.2 Å². The van der Waals surface area contributed by atoms with Gasteiger partial charge in [-0.1, -0.05) is 0 Å². The van der Waals surface area contributed by atoms with Crippen molar-refractivity contribution < 1.29 is 48.7 Å². The Hall–Kier alpha value is -3.15. The molecule has 3 rings (SSSR count). The van der Waals surface area contributed by atoms with E-state index in [2.05, 4.69) is 19.5 Å². The first kappa shape index (κ1) is 32.4. The number of nitrogens with zero attached hydrogens (tertiary/aromatic N) is 1. The van der Waals surface area contributed by atoms with E-state index >= 15 is 0 Å². The zero-order valence-corrected chi connectivity index (χ0v) is 24.3. The molecule has 1 heterocycles. The number of hydrogen-bond donors (Lipinski definition) is 3. The van der Waals surface area contributed by atoms with Crippen molar-refractivity contribution in [1.82, 2.24) is 9.44 Å². The fourth-order valence-corrected chi connectivity index (χ4v) is 6.31. The number of ether oxygens (including phenoxy) is 2. The number of benzene rings is 2. The number of carbonyl (C=O) groups is 1. The van der Waals surface area contributed by atoms with Crippen LogP contribution >= 0.6 is 0 Å². The molecule has 0 bridgehead atoms. The molecular formula is C24H30F4N4O7S2. The number of fused-ring (bicyclic) bond motifs is 1. The minimum Gasteiger partial charge on any atom is -0.485 e. The van der Waals surface area contributed by atoms with Crippen LogP contribution in [0, 0.1) is 5.82 Å². The van der Waals surface area contributed by atoms with Gasteiger partial charge in [-0.05, 0) is 77.1 Å². The number of amides is 1. The van der Waals surface area contributed by atoms with Gasteiger partial charge in [-0.2, -0.15) is 31.0 Å². The van der Waals surface area contributed by atoms with Crippen LogP contribution in [0.5, 0.6) is 5.75 Å². The maximum atomic E-state index is 13.6. The average Bonchev–Trinajstić information content (AvgIpc) is 2.80. The molecule has 1 amide bonds. The predicted octanol–water partition coefficient (Wildman–Crippen LogP) is 3.89. The van der Waals surface area contributed by atoms with Crippen molar-refractivity contribution in [2.24, 2.45) is 0 Å². The van der Waals surface area contributed by atoms with Crippen LogP contribution in [0.25, 0.3) is 0 Å². The Balaban J connectivity index is 1.94. The summed E-state index contributed by atoms with van der Waals surface area (Å²) in [5, 5.41) is 2.13. The monoisotopic (exact) mass is 626 g/mol. The fourth-order valence-electron chi connectivity index (χ4n) is 3.53. The van der Waals surface area contributed by atoms with E-state index in [1.165, 1.54) is 12.1 Å². The molecular weight excluding hydrogens is 596 g/mol. The van der Waals surface area contributed by atoms with E-state index in [0.717, 1.165) is 34.6 Å². The highest BCUT2D eigenvalue weighted by molar-refractivity contribution is 7.92. The first-order valence-corrected chi connectivity index (χ1v) is 15.0. The second kappa shape index (κ2) is 11.3. The molecule has 3 N–H and O–H groups in total. The van der Waals surface area contributed by atoms with Crippen LogP contribution in [-0.2, 0) is 25.0 Å². The van der Waals surface area contributed by atoms with E-state index < -0.39 is 62.1 Å². The van der Waals surface area contributed by atoms with Gasteiger partial charge in [-0.15, -0.1) is 0 Å². The second-order valence-electron chi connectivity index (χ2n) is 10.6. The number of nitrogens with one attached hydrogen (secondary N) is 3. The molecule has 0 aliphatic carbocycles. The molecule has 0 aromatic heterocycles. The van der Waals surface area contributed by atoms with Crippen molar-refractivity contribution in [3.63, 3.8) is 0 Å². The Kier molecular flexibility index (Phi) is 8.89. The Morgan fingerprint density at radius 1 is 1.02 bits per heavy atom. The first-order chi connectivity index (χ1) is 18.6. The fraction of sp³-hybridized carbons (Fsp3) is 0.458. The molecule has 2 aromatic carbocycles.